The van der Waals surface area contributed by atoms with E-state index in [0.717, 1.165) is 18.6 Å². The van der Waals surface area contributed by atoms with E-state index in [9.17, 15) is 9.59 Å². The lowest BCUT2D eigenvalue weighted by Gasteiger charge is -2.09. The summed E-state index contributed by atoms with van der Waals surface area (Å²) >= 11 is 0. The first-order valence-electron chi connectivity index (χ1n) is 12.7. The Kier molecular flexibility index (Phi) is 9.90. The van der Waals surface area contributed by atoms with E-state index in [2.05, 4.69) is 6.58 Å². The van der Waals surface area contributed by atoms with E-state index in [1.54, 1.807) is 78.9 Å². The van der Waals surface area contributed by atoms with Gasteiger partial charge >= 0.3 is 5.97 Å². The van der Waals surface area contributed by atoms with Crippen LogP contribution in [0.4, 0.5) is 0 Å². The first-order chi connectivity index (χ1) is 19.1. The van der Waals surface area contributed by atoms with E-state index >= 15 is 0 Å². The summed E-state index contributed by atoms with van der Waals surface area (Å²) in [5.74, 6) is 2.05. The summed E-state index contributed by atoms with van der Waals surface area (Å²) in [7, 11) is 0. The zero-order valence-corrected chi connectivity index (χ0v) is 21.6. The highest BCUT2D eigenvalue weighted by atomic mass is 16.5. The van der Waals surface area contributed by atoms with Crippen molar-refractivity contribution >= 4 is 11.8 Å². The Bertz CT molecular complexity index is 1340. The standard InChI is InChI=1S/C33H30O6/c1-2-22-36-28-16-12-27(13-17-28)33(35)39-31-20-18-30(19-21-31)38-24-7-6-23-37-29-14-10-26(11-15-29)32(34)25-8-4-3-5-9-25/h2-5,8-21H,1,6-7,22-24H2. The Morgan fingerprint density at radius 2 is 1.03 bits per heavy atom. The van der Waals surface area contributed by atoms with Gasteiger partial charge in [-0.1, -0.05) is 43.0 Å². The van der Waals surface area contributed by atoms with Crippen molar-refractivity contribution in [2.75, 3.05) is 19.8 Å². The molecule has 0 fully saturated rings. The molecule has 0 aliphatic carbocycles. The Hall–Kier alpha value is -4.84. The van der Waals surface area contributed by atoms with E-state index < -0.39 is 5.97 Å². The normalized spacial score (nSPS) is 10.4. The number of hydrogen-bond donors (Lipinski definition) is 0. The average Bonchev–Trinajstić information content (AvgIpc) is 2.99. The van der Waals surface area contributed by atoms with Crippen LogP contribution in [0, 0.1) is 0 Å². The molecule has 0 amide bonds. The summed E-state index contributed by atoms with van der Waals surface area (Å²) in [6.45, 7) is 5.09. The van der Waals surface area contributed by atoms with Crippen molar-refractivity contribution in [1.29, 1.82) is 0 Å². The summed E-state index contributed by atoms with van der Waals surface area (Å²) in [4.78, 5) is 24.9. The number of ether oxygens (including phenoxy) is 4. The molecule has 198 valence electrons. The van der Waals surface area contributed by atoms with Gasteiger partial charge < -0.3 is 18.9 Å². The van der Waals surface area contributed by atoms with Crippen molar-refractivity contribution < 1.29 is 28.5 Å². The van der Waals surface area contributed by atoms with Crippen molar-refractivity contribution in [2.24, 2.45) is 0 Å². The monoisotopic (exact) mass is 522 g/mol. The summed E-state index contributed by atoms with van der Waals surface area (Å²) in [5.41, 5.74) is 1.73. The molecule has 0 radical (unpaired) electrons. The Morgan fingerprint density at radius 3 is 1.59 bits per heavy atom. The van der Waals surface area contributed by atoms with Crippen LogP contribution in [0.1, 0.15) is 39.1 Å². The van der Waals surface area contributed by atoms with Gasteiger partial charge in [-0.2, -0.15) is 0 Å². The van der Waals surface area contributed by atoms with Gasteiger partial charge in [-0.3, -0.25) is 4.79 Å². The molecule has 0 atom stereocenters. The van der Waals surface area contributed by atoms with Crippen molar-refractivity contribution in [3.63, 3.8) is 0 Å². The van der Waals surface area contributed by atoms with Crippen molar-refractivity contribution in [2.45, 2.75) is 12.8 Å². The molecule has 4 aromatic rings. The number of carbonyl (C=O) groups excluding carboxylic acids is 2. The van der Waals surface area contributed by atoms with Crippen LogP contribution < -0.4 is 18.9 Å². The molecule has 4 rings (SSSR count). The SMILES string of the molecule is C=CCOc1ccc(C(=O)Oc2ccc(OCCCCOc3ccc(C(=O)c4ccccc4)cc3)cc2)cc1. The summed E-state index contributed by atoms with van der Waals surface area (Å²) < 4.78 is 22.4. The van der Waals surface area contributed by atoms with E-state index in [1.807, 2.05) is 30.3 Å². The molecule has 0 spiro atoms. The molecule has 0 aliphatic heterocycles. The Balaban J connectivity index is 1.13. The quantitative estimate of drug-likeness (QED) is 0.0587. The van der Waals surface area contributed by atoms with E-state index in [1.165, 1.54) is 0 Å². The van der Waals surface area contributed by atoms with Gasteiger partial charge in [0.15, 0.2) is 5.78 Å². The topological polar surface area (TPSA) is 71.1 Å². The molecular weight excluding hydrogens is 492 g/mol. The lowest BCUT2D eigenvalue weighted by molar-refractivity contribution is 0.0734. The van der Waals surface area contributed by atoms with Crippen LogP contribution in [0.25, 0.3) is 0 Å². The molecule has 39 heavy (non-hydrogen) atoms. The lowest BCUT2D eigenvalue weighted by atomic mass is 10.0. The highest BCUT2D eigenvalue weighted by molar-refractivity contribution is 6.09. The van der Waals surface area contributed by atoms with Gasteiger partial charge in [0.05, 0.1) is 18.8 Å². The molecule has 0 saturated carbocycles. The fourth-order valence-corrected chi connectivity index (χ4v) is 3.66. The van der Waals surface area contributed by atoms with E-state index in [-0.39, 0.29) is 5.78 Å². The van der Waals surface area contributed by atoms with Crippen LogP contribution in [0.2, 0.25) is 0 Å². The largest absolute Gasteiger partial charge is 0.494 e. The number of carbonyl (C=O) groups is 2. The summed E-state index contributed by atoms with van der Waals surface area (Å²) in [6.07, 6.45) is 3.29. The molecule has 0 unspecified atom stereocenters. The Morgan fingerprint density at radius 1 is 0.564 bits per heavy atom. The molecule has 6 heteroatoms. The van der Waals surface area contributed by atoms with Gasteiger partial charge in [-0.25, -0.2) is 4.79 Å². The molecule has 0 saturated heterocycles. The number of ketones is 1. The molecule has 0 bridgehead atoms. The second-order valence-corrected chi connectivity index (χ2v) is 8.61. The maximum absolute atomic E-state index is 12.5. The highest BCUT2D eigenvalue weighted by Crippen LogP contribution is 2.20. The number of hydrogen-bond acceptors (Lipinski definition) is 6. The summed E-state index contributed by atoms with van der Waals surface area (Å²) in [5, 5.41) is 0. The van der Waals surface area contributed by atoms with Crippen molar-refractivity contribution in [1.82, 2.24) is 0 Å². The average molecular weight is 523 g/mol. The molecule has 0 aliphatic rings. The Labute approximate surface area is 228 Å². The molecule has 0 N–H and O–H groups in total. The predicted octanol–water partition coefficient (Wildman–Crippen LogP) is 6.94. The molecule has 4 aromatic carbocycles. The minimum atomic E-state index is -0.448. The van der Waals surface area contributed by atoms with E-state index in [4.69, 9.17) is 18.9 Å². The second kappa shape index (κ2) is 14.2. The van der Waals surface area contributed by atoms with Crippen LogP contribution in [-0.2, 0) is 0 Å². The number of unbranched alkanes of at least 4 members (excludes halogenated alkanes) is 1. The third-order valence-corrected chi connectivity index (χ3v) is 5.72. The van der Waals surface area contributed by atoms with Crippen LogP contribution in [-0.4, -0.2) is 31.6 Å². The van der Waals surface area contributed by atoms with Crippen LogP contribution in [0.3, 0.4) is 0 Å². The number of esters is 1. The zero-order chi connectivity index (χ0) is 27.3. The van der Waals surface area contributed by atoms with Crippen LogP contribution >= 0.6 is 0 Å². The second-order valence-electron chi connectivity index (χ2n) is 8.61. The fourth-order valence-electron chi connectivity index (χ4n) is 3.66. The van der Waals surface area contributed by atoms with Crippen LogP contribution in [0.5, 0.6) is 23.0 Å². The third-order valence-electron chi connectivity index (χ3n) is 5.72. The van der Waals surface area contributed by atoms with Crippen molar-refractivity contribution in [3.8, 4) is 23.0 Å². The minimum Gasteiger partial charge on any atom is -0.494 e. The zero-order valence-electron chi connectivity index (χ0n) is 21.6. The van der Waals surface area contributed by atoms with Gasteiger partial charge in [0.1, 0.15) is 29.6 Å². The summed E-state index contributed by atoms with van der Waals surface area (Å²) in [6, 6.07) is 30.1. The predicted molar refractivity (Wildman–Crippen MR) is 150 cm³/mol. The van der Waals surface area contributed by atoms with Crippen molar-refractivity contribution in [3.05, 3.63) is 132 Å². The molecule has 6 nitrogen and oxygen atoms in total. The van der Waals surface area contributed by atoms with E-state index in [0.29, 0.717) is 53.8 Å². The maximum atomic E-state index is 12.5. The molecule has 0 heterocycles. The molecular formula is C33H30O6. The number of rotatable bonds is 14. The van der Waals surface area contributed by atoms with Gasteiger partial charge in [0, 0.05) is 11.1 Å². The van der Waals surface area contributed by atoms with Gasteiger partial charge in [0.25, 0.3) is 0 Å². The van der Waals surface area contributed by atoms with Gasteiger partial charge in [-0.05, 0) is 85.6 Å². The highest BCUT2D eigenvalue weighted by Gasteiger charge is 2.10. The third kappa shape index (κ3) is 8.33. The minimum absolute atomic E-state index is 0.00850. The maximum Gasteiger partial charge on any atom is 0.343 e. The van der Waals surface area contributed by atoms with Gasteiger partial charge in [0.2, 0.25) is 0 Å². The van der Waals surface area contributed by atoms with Gasteiger partial charge in [-0.15, -0.1) is 0 Å². The lowest BCUT2D eigenvalue weighted by Crippen LogP contribution is -2.08. The van der Waals surface area contributed by atoms with Crippen LogP contribution in [0.15, 0.2) is 116 Å². The smallest absolute Gasteiger partial charge is 0.343 e. The first kappa shape index (κ1) is 27.2. The fraction of sp³-hybridized carbons (Fsp3) is 0.152. The first-order valence-corrected chi connectivity index (χ1v) is 12.7. The molecule has 0 aromatic heterocycles. The number of benzene rings is 4.